The van der Waals surface area contributed by atoms with Crippen molar-refractivity contribution < 1.29 is 35.9 Å². The van der Waals surface area contributed by atoms with Crippen molar-refractivity contribution in [2.45, 2.75) is 31.6 Å². The van der Waals surface area contributed by atoms with Gasteiger partial charge < -0.3 is 10.6 Å². The zero-order valence-corrected chi connectivity index (χ0v) is 15.3. The van der Waals surface area contributed by atoms with Crippen molar-refractivity contribution in [2.24, 2.45) is 5.92 Å². The van der Waals surface area contributed by atoms with Crippen LogP contribution in [0.15, 0.2) is 42.5 Å². The standard InChI is InChI=1S/C20H16F6N2O2/c21-19(22,23)13-3-1-2-11(8-13)9-17(29)28-16-7-6-14(10-15(16)20(24,25)26)27-18(30)12-4-5-12/h1-3,6-8,10,12H,4-5,9H2,(H,27,30)(H,28,29). The first kappa shape index (κ1) is 21.7. The largest absolute Gasteiger partial charge is 0.418 e. The van der Waals surface area contributed by atoms with E-state index in [1.54, 1.807) is 0 Å². The SMILES string of the molecule is O=C(Cc1cccc(C(F)(F)F)c1)Nc1ccc(NC(=O)C2CC2)cc1C(F)(F)F. The smallest absolute Gasteiger partial charge is 0.326 e. The van der Waals surface area contributed by atoms with Crippen LogP contribution in [0.2, 0.25) is 0 Å². The average molecular weight is 430 g/mol. The van der Waals surface area contributed by atoms with Crippen LogP contribution < -0.4 is 10.6 Å². The highest BCUT2D eigenvalue weighted by Gasteiger charge is 2.35. The highest BCUT2D eigenvalue weighted by molar-refractivity contribution is 5.96. The summed E-state index contributed by atoms with van der Waals surface area (Å²) >= 11 is 0. The number of rotatable bonds is 5. The van der Waals surface area contributed by atoms with Gasteiger partial charge in [0.15, 0.2) is 0 Å². The Bertz CT molecular complexity index is 964. The first-order valence-electron chi connectivity index (χ1n) is 8.91. The Balaban J connectivity index is 1.76. The molecule has 0 bridgehead atoms. The van der Waals surface area contributed by atoms with Crippen molar-refractivity contribution in [3.05, 3.63) is 59.2 Å². The molecule has 3 rings (SSSR count). The van der Waals surface area contributed by atoms with E-state index in [1.807, 2.05) is 0 Å². The second-order valence-electron chi connectivity index (χ2n) is 6.94. The highest BCUT2D eigenvalue weighted by atomic mass is 19.4. The molecule has 10 heteroatoms. The van der Waals surface area contributed by atoms with Crippen LogP contribution >= 0.6 is 0 Å². The Kier molecular flexibility index (Phi) is 5.78. The molecule has 0 radical (unpaired) electrons. The van der Waals surface area contributed by atoms with Crippen LogP contribution in [-0.4, -0.2) is 11.8 Å². The van der Waals surface area contributed by atoms with E-state index in [2.05, 4.69) is 10.6 Å². The van der Waals surface area contributed by atoms with Gasteiger partial charge in [0.1, 0.15) is 0 Å². The predicted molar refractivity (Wildman–Crippen MR) is 96.6 cm³/mol. The van der Waals surface area contributed by atoms with Gasteiger partial charge in [0.2, 0.25) is 11.8 Å². The molecule has 1 fully saturated rings. The second kappa shape index (κ2) is 8.00. The van der Waals surface area contributed by atoms with E-state index in [1.165, 1.54) is 12.1 Å². The number of carbonyl (C=O) groups is 2. The normalized spacial score (nSPS) is 14.3. The monoisotopic (exact) mass is 430 g/mol. The van der Waals surface area contributed by atoms with Crippen LogP contribution in [0.4, 0.5) is 37.7 Å². The first-order chi connectivity index (χ1) is 13.9. The number of alkyl halides is 6. The molecule has 1 aliphatic rings. The Labute approximate surface area is 167 Å². The van der Waals surface area contributed by atoms with Crippen molar-refractivity contribution in [1.29, 1.82) is 0 Å². The molecule has 1 saturated carbocycles. The lowest BCUT2D eigenvalue weighted by Crippen LogP contribution is -2.19. The minimum atomic E-state index is -4.82. The second-order valence-corrected chi connectivity index (χ2v) is 6.94. The van der Waals surface area contributed by atoms with Crippen molar-refractivity contribution in [3.8, 4) is 0 Å². The summed E-state index contributed by atoms with van der Waals surface area (Å²) in [5.41, 5.74) is -2.74. The molecule has 2 amide bonds. The van der Waals surface area contributed by atoms with Gasteiger partial charge in [-0.15, -0.1) is 0 Å². The van der Waals surface area contributed by atoms with Crippen molar-refractivity contribution in [2.75, 3.05) is 10.6 Å². The van der Waals surface area contributed by atoms with E-state index in [9.17, 15) is 35.9 Å². The first-order valence-corrected chi connectivity index (χ1v) is 8.91. The van der Waals surface area contributed by atoms with Crippen LogP contribution in [0.1, 0.15) is 29.5 Å². The lowest BCUT2D eigenvalue weighted by atomic mass is 10.1. The molecule has 0 heterocycles. The van der Waals surface area contributed by atoms with Gasteiger partial charge in [-0.05, 0) is 42.7 Å². The van der Waals surface area contributed by atoms with Crippen LogP contribution in [0.25, 0.3) is 0 Å². The van der Waals surface area contributed by atoms with E-state index in [0.29, 0.717) is 18.9 Å². The summed E-state index contributed by atoms with van der Waals surface area (Å²) in [4.78, 5) is 23.9. The van der Waals surface area contributed by atoms with E-state index in [-0.39, 0.29) is 23.1 Å². The number of amides is 2. The number of hydrogen-bond acceptors (Lipinski definition) is 2. The molecule has 0 unspecified atom stereocenters. The maximum absolute atomic E-state index is 13.4. The third-order valence-electron chi connectivity index (χ3n) is 4.43. The number of benzene rings is 2. The van der Waals surface area contributed by atoms with Crippen LogP contribution in [0, 0.1) is 5.92 Å². The maximum Gasteiger partial charge on any atom is 0.418 e. The maximum atomic E-state index is 13.4. The summed E-state index contributed by atoms with van der Waals surface area (Å²) in [6.07, 6.45) is -8.60. The molecule has 2 aromatic rings. The van der Waals surface area contributed by atoms with Crippen LogP contribution in [0.3, 0.4) is 0 Å². The Morgan fingerprint density at radius 2 is 1.60 bits per heavy atom. The molecule has 2 aromatic carbocycles. The zero-order chi connectivity index (χ0) is 22.1. The average Bonchev–Trinajstić information content (AvgIpc) is 3.47. The van der Waals surface area contributed by atoms with Gasteiger partial charge in [0.05, 0.1) is 23.2 Å². The molecule has 0 spiro atoms. The molecular weight excluding hydrogens is 414 g/mol. The molecule has 30 heavy (non-hydrogen) atoms. The minimum absolute atomic E-state index is 0.00389. The number of carbonyl (C=O) groups excluding carboxylic acids is 2. The van der Waals surface area contributed by atoms with Crippen LogP contribution in [0.5, 0.6) is 0 Å². The van der Waals surface area contributed by atoms with Gasteiger partial charge in [0.25, 0.3) is 0 Å². The molecule has 0 saturated heterocycles. The van der Waals surface area contributed by atoms with Gasteiger partial charge >= 0.3 is 12.4 Å². The number of nitrogens with one attached hydrogen (secondary N) is 2. The van der Waals surface area contributed by atoms with Crippen molar-refractivity contribution >= 4 is 23.2 Å². The summed E-state index contributed by atoms with van der Waals surface area (Å²) in [5.74, 6) is -1.48. The molecule has 2 N–H and O–H groups in total. The van der Waals surface area contributed by atoms with E-state index < -0.39 is 41.5 Å². The fourth-order valence-electron chi connectivity index (χ4n) is 2.79. The van der Waals surface area contributed by atoms with Gasteiger partial charge in [-0.2, -0.15) is 26.3 Å². The molecule has 1 aliphatic carbocycles. The summed E-state index contributed by atoms with van der Waals surface area (Å²) in [5, 5.41) is 4.49. The van der Waals surface area contributed by atoms with Gasteiger partial charge in [-0.3, -0.25) is 9.59 Å². The quantitative estimate of drug-likeness (QED) is 0.637. The van der Waals surface area contributed by atoms with Gasteiger partial charge in [-0.25, -0.2) is 0 Å². The summed E-state index contributed by atoms with van der Waals surface area (Å²) < 4.78 is 78.5. The highest BCUT2D eigenvalue weighted by Crippen LogP contribution is 2.37. The molecule has 0 atom stereocenters. The summed E-state index contributed by atoms with van der Waals surface area (Å²) in [6.45, 7) is 0. The number of halogens is 6. The van der Waals surface area contributed by atoms with E-state index in [0.717, 1.165) is 24.3 Å². The van der Waals surface area contributed by atoms with Crippen LogP contribution in [-0.2, 0) is 28.4 Å². The summed E-state index contributed by atoms with van der Waals surface area (Å²) in [6, 6.07) is 6.91. The van der Waals surface area contributed by atoms with Gasteiger partial charge in [-0.1, -0.05) is 18.2 Å². The minimum Gasteiger partial charge on any atom is -0.326 e. The third kappa shape index (κ3) is 5.52. The fraction of sp³-hybridized carbons (Fsp3) is 0.300. The van der Waals surface area contributed by atoms with Crippen molar-refractivity contribution in [1.82, 2.24) is 0 Å². The summed E-state index contributed by atoms with van der Waals surface area (Å²) in [7, 11) is 0. The number of anilines is 2. The lowest BCUT2D eigenvalue weighted by molar-refractivity contribution is -0.138. The molecular formula is C20H16F6N2O2. The van der Waals surface area contributed by atoms with E-state index in [4.69, 9.17) is 0 Å². The molecule has 160 valence electrons. The predicted octanol–water partition coefficient (Wildman–Crippen LogP) is 5.25. The van der Waals surface area contributed by atoms with Gasteiger partial charge in [0, 0.05) is 11.6 Å². The zero-order valence-electron chi connectivity index (χ0n) is 15.3. The Morgan fingerprint density at radius 1 is 0.900 bits per heavy atom. The Hall–Kier alpha value is -3.04. The fourth-order valence-corrected chi connectivity index (χ4v) is 2.79. The lowest BCUT2D eigenvalue weighted by Gasteiger charge is -2.16. The number of hydrogen-bond donors (Lipinski definition) is 2. The topological polar surface area (TPSA) is 58.2 Å². The van der Waals surface area contributed by atoms with E-state index >= 15 is 0 Å². The molecule has 4 nitrogen and oxygen atoms in total. The van der Waals surface area contributed by atoms with Crippen molar-refractivity contribution in [3.63, 3.8) is 0 Å². The molecule has 0 aliphatic heterocycles. The third-order valence-corrected chi connectivity index (χ3v) is 4.43. The Morgan fingerprint density at radius 3 is 2.20 bits per heavy atom. The molecule has 0 aromatic heterocycles.